The molecule has 0 aliphatic carbocycles. The van der Waals surface area contributed by atoms with Crippen LogP contribution in [-0.4, -0.2) is 120 Å². The second-order valence-corrected chi connectivity index (χ2v) is 15.8. The summed E-state index contributed by atoms with van der Waals surface area (Å²) in [5.74, 6) is 0.0418. The van der Waals surface area contributed by atoms with Crippen LogP contribution < -0.4 is 11.1 Å². The number of urea groups is 1. The summed E-state index contributed by atoms with van der Waals surface area (Å²) < 4.78 is 17.8. The lowest BCUT2D eigenvalue weighted by molar-refractivity contribution is -0.149. The smallest absolute Gasteiger partial charge is 0.419 e. The number of ether oxygens (including phenoxy) is 2. The van der Waals surface area contributed by atoms with E-state index in [1.165, 1.54) is 4.57 Å². The number of para-hydroxylation sites is 1. The number of aromatic nitrogens is 1. The average molecular weight is 791 g/mol. The molecule has 3 saturated heterocycles. The van der Waals surface area contributed by atoms with Gasteiger partial charge in [0.05, 0.1) is 18.0 Å². The first kappa shape index (κ1) is 43.3. The van der Waals surface area contributed by atoms with Gasteiger partial charge in [-0.2, -0.15) is 0 Å². The Morgan fingerprint density at radius 3 is 2.25 bits per heavy atom. The predicted molar refractivity (Wildman–Crippen MR) is 219 cm³/mol. The number of carbonyl (C=O) groups excluding carboxylic acids is 4. The fourth-order valence-corrected chi connectivity index (χ4v) is 8.32. The maximum absolute atomic E-state index is 13.8. The molecule has 1 atom stereocenters. The maximum atomic E-state index is 13.8. The molecule has 1 aromatic heterocycles. The molecular formula is C43H62N6O8. The molecule has 4 aliphatic rings. The number of piperidine rings is 3. The molecule has 0 spiro atoms. The molecule has 2 aromatic carbocycles. The van der Waals surface area contributed by atoms with Crippen LogP contribution in [-0.2, 0) is 39.0 Å². The van der Waals surface area contributed by atoms with Crippen LogP contribution in [0.2, 0.25) is 0 Å². The van der Waals surface area contributed by atoms with Crippen molar-refractivity contribution in [3.63, 3.8) is 0 Å². The van der Waals surface area contributed by atoms with Crippen molar-refractivity contribution in [1.82, 2.24) is 24.2 Å². The number of carbonyl (C=O) groups is 4. The summed E-state index contributed by atoms with van der Waals surface area (Å²) in [4.78, 5) is 71.2. The number of rotatable bonds is 7. The van der Waals surface area contributed by atoms with Gasteiger partial charge in [-0.25, -0.2) is 14.4 Å². The van der Waals surface area contributed by atoms with E-state index in [0.29, 0.717) is 69.2 Å². The molecule has 7 rings (SSSR count). The summed E-state index contributed by atoms with van der Waals surface area (Å²) in [6, 6.07) is 11.4. The van der Waals surface area contributed by atoms with E-state index in [9.17, 15) is 24.0 Å². The number of esters is 1. The zero-order chi connectivity index (χ0) is 39.9. The van der Waals surface area contributed by atoms with Gasteiger partial charge < -0.3 is 38.8 Å². The van der Waals surface area contributed by atoms with Gasteiger partial charge in [-0.3, -0.25) is 14.2 Å². The third kappa shape index (κ3) is 10.6. The average Bonchev–Trinajstić information content (AvgIpc) is 3.36. The third-order valence-corrected chi connectivity index (χ3v) is 11.8. The quantitative estimate of drug-likeness (QED) is 0.292. The van der Waals surface area contributed by atoms with Gasteiger partial charge in [0.2, 0.25) is 0 Å². The highest BCUT2D eigenvalue weighted by Crippen LogP contribution is 2.27. The molecule has 57 heavy (non-hydrogen) atoms. The van der Waals surface area contributed by atoms with Crippen molar-refractivity contribution in [2.45, 2.75) is 91.7 Å². The Hall–Kier alpha value is -4.85. The minimum Gasteiger partial charge on any atom is -0.466 e. The fraction of sp³-hybridized carbons (Fsp3) is 0.605. The summed E-state index contributed by atoms with van der Waals surface area (Å²) in [6.07, 6.45) is 4.41. The van der Waals surface area contributed by atoms with Gasteiger partial charge in [-0.15, -0.1) is 0 Å². The lowest BCUT2D eigenvalue weighted by Crippen LogP contribution is -2.51. The van der Waals surface area contributed by atoms with Crippen LogP contribution in [0.3, 0.4) is 0 Å². The lowest BCUT2D eigenvalue weighted by Gasteiger charge is -2.38. The molecule has 4 amide bonds. The molecule has 5 heterocycles. The highest BCUT2D eigenvalue weighted by Gasteiger charge is 2.35. The summed E-state index contributed by atoms with van der Waals surface area (Å²) in [5.41, 5.74) is 4.72. The SMILES string of the molecule is C.CCOC(=O)C1CCN(C)CC1.Cc1cc(C[C@@H](OC(=O)N2CCC(N3CCc4ccccc4NC3=O)CC2)C(=O)N2CCC(C)CC2)cc2oc(=O)n(C)c12. The number of anilines is 1. The predicted octanol–water partition coefficient (Wildman–Crippen LogP) is 5.83. The summed E-state index contributed by atoms with van der Waals surface area (Å²) in [7, 11) is 3.75. The highest BCUT2D eigenvalue weighted by atomic mass is 16.6. The standard InChI is InChI=1S/C33H41N5O6.C9H17NO2.CH4/c1-21-8-13-36(14-9-21)30(39)28(20-23-18-22(2)29-27(19-23)43-32(41)35(29)3)44-33(42)37-15-11-25(12-16-37)38-17-10-24-6-4-5-7-26(24)34-31(38)40;1-3-12-9(11)8-4-6-10(2)7-5-8;/h4-7,18-19,21,25,28H,8-17,20H2,1-3H3,(H,34,40);8H,3-7H2,1-2H3;1H4/t28-;;/m1../s1. The van der Waals surface area contributed by atoms with E-state index >= 15 is 0 Å². The summed E-state index contributed by atoms with van der Waals surface area (Å²) in [6.45, 7) is 11.2. The van der Waals surface area contributed by atoms with Gasteiger partial charge in [0.1, 0.15) is 0 Å². The van der Waals surface area contributed by atoms with Crippen LogP contribution in [0.15, 0.2) is 45.6 Å². The van der Waals surface area contributed by atoms with Crippen LogP contribution in [0.25, 0.3) is 11.1 Å². The molecule has 0 unspecified atom stereocenters. The summed E-state index contributed by atoms with van der Waals surface area (Å²) in [5, 5.41) is 3.03. The molecule has 3 fully saturated rings. The second-order valence-electron chi connectivity index (χ2n) is 15.8. The van der Waals surface area contributed by atoms with Crippen LogP contribution in [0.5, 0.6) is 0 Å². The first-order valence-corrected chi connectivity index (χ1v) is 20.3. The Bertz CT molecular complexity index is 1920. The van der Waals surface area contributed by atoms with E-state index in [1.54, 1.807) is 22.9 Å². The number of hydrogen-bond donors (Lipinski definition) is 1. The monoisotopic (exact) mass is 790 g/mol. The van der Waals surface area contributed by atoms with E-state index in [1.807, 2.05) is 49.1 Å². The Labute approximate surface area is 336 Å². The zero-order valence-corrected chi connectivity index (χ0v) is 33.6. The molecule has 3 aromatic rings. The van der Waals surface area contributed by atoms with Crippen LogP contribution in [0.4, 0.5) is 15.3 Å². The van der Waals surface area contributed by atoms with Crippen molar-refractivity contribution in [2.75, 3.05) is 64.8 Å². The molecule has 0 saturated carbocycles. The fourth-order valence-electron chi connectivity index (χ4n) is 8.32. The van der Waals surface area contributed by atoms with E-state index in [-0.39, 0.29) is 43.7 Å². The molecule has 14 heteroatoms. The van der Waals surface area contributed by atoms with Crippen LogP contribution in [0.1, 0.15) is 76.5 Å². The first-order chi connectivity index (χ1) is 26.9. The van der Waals surface area contributed by atoms with Crippen LogP contribution in [0, 0.1) is 18.8 Å². The van der Waals surface area contributed by atoms with Crippen molar-refractivity contribution in [3.05, 3.63) is 63.6 Å². The second kappa shape index (κ2) is 19.5. The molecule has 1 N–H and O–H groups in total. The first-order valence-electron chi connectivity index (χ1n) is 20.3. The number of amides is 4. The van der Waals surface area contributed by atoms with Crippen molar-refractivity contribution in [2.24, 2.45) is 18.9 Å². The molecule has 0 radical (unpaired) electrons. The molecule has 312 valence electrons. The lowest BCUT2D eigenvalue weighted by atomic mass is 9.97. The molecule has 14 nitrogen and oxygen atoms in total. The van der Waals surface area contributed by atoms with Crippen molar-refractivity contribution in [3.8, 4) is 0 Å². The normalized spacial score (nSPS) is 19.0. The zero-order valence-electron chi connectivity index (χ0n) is 33.6. The number of aryl methyl sites for hydroxylation is 2. The van der Waals surface area contributed by atoms with Gasteiger partial charge in [-0.1, -0.05) is 38.6 Å². The number of likely N-dealkylation sites (tertiary alicyclic amines) is 3. The highest BCUT2D eigenvalue weighted by molar-refractivity contribution is 5.91. The van der Waals surface area contributed by atoms with Crippen LogP contribution >= 0.6 is 0 Å². The van der Waals surface area contributed by atoms with E-state index in [0.717, 1.165) is 67.6 Å². The summed E-state index contributed by atoms with van der Waals surface area (Å²) >= 11 is 0. The van der Waals surface area contributed by atoms with E-state index in [2.05, 4.69) is 24.2 Å². The number of fused-ring (bicyclic) bond motifs is 2. The minimum atomic E-state index is -1.00. The van der Waals surface area contributed by atoms with Gasteiger partial charge in [0, 0.05) is 57.9 Å². The molecular weight excluding hydrogens is 729 g/mol. The number of benzene rings is 2. The van der Waals surface area contributed by atoms with Gasteiger partial charge in [0.25, 0.3) is 5.91 Å². The maximum Gasteiger partial charge on any atom is 0.419 e. The van der Waals surface area contributed by atoms with Crippen molar-refractivity contribution >= 4 is 40.8 Å². The third-order valence-electron chi connectivity index (χ3n) is 11.8. The topological polar surface area (TPSA) is 147 Å². The Morgan fingerprint density at radius 2 is 1.56 bits per heavy atom. The largest absolute Gasteiger partial charge is 0.466 e. The number of nitrogens with one attached hydrogen (secondary N) is 1. The van der Waals surface area contributed by atoms with Crippen molar-refractivity contribution < 1.29 is 33.1 Å². The number of oxazole rings is 1. The Kier molecular flexibility index (Phi) is 14.8. The number of hydrogen-bond acceptors (Lipinski definition) is 9. The molecule has 0 bridgehead atoms. The van der Waals surface area contributed by atoms with Gasteiger partial charge >= 0.3 is 23.8 Å². The minimum absolute atomic E-state index is 0. The van der Waals surface area contributed by atoms with E-state index < -0.39 is 18.0 Å². The van der Waals surface area contributed by atoms with Gasteiger partial charge in [-0.05, 0) is 114 Å². The Balaban J connectivity index is 0.000000410. The molecule has 4 aliphatic heterocycles. The Morgan fingerprint density at radius 1 is 0.895 bits per heavy atom. The van der Waals surface area contributed by atoms with Crippen molar-refractivity contribution in [1.29, 1.82) is 0 Å². The number of nitrogens with zero attached hydrogens (tertiary/aromatic N) is 5. The van der Waals surface area contributed by atoms with Gasteiger partial charge in [0.15, 0.2) is 11.7 Å². The van der Waals surface area contributed by atoms with E-state index in [4.69, 9.17) is 13.9 Å².